The van der Waals surface area contributed by atoms with Crippen LogP contribution in [-0.4, -0.2) is 49.4 Å². The highest BCUT2D eigenvalue weighted by atomic mass is 19.1. The number of nitrogens with one attached hydrogen (secondary N) is 2. The molecule has 6 heterocycles. The van der Waals surface area contributed by atoms with E-state index in [1.165, 1.54) is 12.4 Å². The number of nitrogens with zero attached hydrogens (tertiary/aromatic N) is 6. The van der Waals surface area contributed by atoms with Crippen molar-refractivity contribution >= 4 is 34.0 Å². The third kappa shape index (κ3) is 4.05. The zero-order valence-corrected chi connectivity index (χ0v) is 20.7. The quantitative estimate of drug-likeness (QED) is 0.351. The number of fused-ring (bicyclic) bond motifs is 2. The summed E-state index contributed by atoms with van der Waals surface area (Å²) >= 11 is 0. The Morgan fingerprint density at radius 1 is 1.13 bits per heavy atom. The molecule has 0 radical (unpaired) electrons. The van der Waals surface area contributed by atoms with Gasteiger partial charge in [-0.2, -0.15) is 0 Å². The lowest BCUT2D eigenvalue weighted by molar-refractivity contribution is -0.115. The van der Waals surface area contributed by atoms with Gasteiger partial charge in [-0.25, -0.2) is 14.4 Å². The minimum absolute atomic E-state index is 0.149. The van der Waals surface area contributed by atoms with Crippen LogP contribution in [0.5, 0.6) is 0 Å². The van der Waals surface area contributed by atoms with Crippen molar-refractivity contribution in [2.24, 2.45) is 0 Å². The Morgan fingerprint density at radius 2 is 2.03 bits per heavy atom. The van der Waals surface area contributed by atoms with Crippen LogP contribution in [0.2, 0.25) is 0 Å². The maximum Gasteiger partial charge on any atom is 0.224 e. The molecule has 10 heteroatoms. The summed E-state index contributed by atoms with van der Waals surface area (Å²) < 4.78 is 16.3. The maximum atomic E-state index is 16.3. The number of hydrogen-bond acceptors (Lipinski definition) is 7. The molecule has 1 amide bonds. The number of halogens is 1. The zero-order chi connectivity index (χ0) is 26.2. The average molecular weight is 507 g/mol. The van der Waals surface area contributed by atoms with E-state index in [1.807, 2.05) is 42.3 Å². The molecule has 5 aromatic rings. The smallest absolute Gasteiger partial charge is 0.224 e. The summed E-state index contributed by atoms with van der Waals surface area (Å²) in [6.07, 6.45) is 10.2. The highest BCUT2D eigenvalue weighted by Crippen LogP contribution is 2.39. The lowest BCUT2D eigenvalue weighted by Crippen LogP contribution is -2.24. The second-order valence-electron chi connectivity index (χ2n) is 8.90. The number of H-pyrrole nitrogens is 1. The number of aromatic nitrogens is 6. The third-order valence-corrected chi connectivity index (χ3v) is 6.41. The van der Waals surface area contributed by atoms with Gasteiger partial charge in [0.25, 0.3) is 0 Å². The molecule has 1 aliphatic rings. The summed E-state index contributed by atoms with van der Waals surface area (Å²) in [7, 11) is 1.86. The third-order valence-electron chi connectivity index (χ3n) is 6.41. The predicted molar refractivity (Wildman–Crippen MR) is 144 cm³/mol. The van der Waals surface area contributed by atoms with Gasteiger partial charge in [0.05, 0.1) is 28.7 Å². The first-order valence-corrected chi connectivity index (χ1v) is 12.2. The Morgan fingerprint density at radius 3 is 2.84 bits per heavy atom. The van der Waals surface area contributed by atoms with E-state index in [0.29, 0.717) is 63.9 Å². The summed E-state index contributed by atoms with van der Waals surface area (Å²) in [4.78, 5) is 39.6. The molecule has 0 unspecified atom stereocenters. The van der Waals surface area contributed by atoms with Gasteiger partial charge >= 0.3 is 0 Å². The summed E-state index contributed by atoms with van der Waals surface area (Å²) in [5.74, 6) is 0.427. The molecular formula is C28H23FN8O. The van der Waals surface area contributed by atoms with Crippen LogP contribution in [0.4, 0.5) is 15.9 Å². The molecule has 9 nitrogen and oxygen atoms in total. The van der Waals surface area contributed by atoms with Crippen LogP contribution in [0.3, 0.4) is 0 Å². The van der Waals surface area contributed by atoms with Gasteiger partial charge in [0.2, 0.25) is 5.91 Å². The minimum Gasteiger partial charge on any atom is -0.355 e. The summed E-state index contributed by atoms with van der Waals surface area (Å²) in [5, 5.41) is 2.77. The van der Waals surface area contributed by atoms with Crippen LogP contribution in [0.15, 0.2) is 67.4 Å². The Bertz CT molecular complexity index is 1710. The van der Waals surface area contributed by atoms with Gasteiger partial charge < -0.3 is 15.2 Å². The van der Waals surface area contributed by atoms with Crippen LogP contribution < -0.4 is 10.2 Å². The Kier molecular flexibility index (Phi) is 5.83. The fourth-order valence-electron chi connectivity index (χ4n) is 4.50. The summed E-state index contributed by atoms with van der Waals surface area (Å²) in [5.41, 5.74) is 4.98. The van der Waals surface area contributed by atoms with E-state index in [-0.39, 0.29) is 11.5 Å². The second-order valence-corrected chi connectivity index (χ2v) is 8.90. The summed E-state index contributed by atoms with van der Waals surface area (Å²) in [6, 6.07) is 9.14. The van der Waals surface area contributed by atoms with Crippen molar-refractivity contribution < 1.29 is 9.18 Å². The number of anilines is 2. The molecule has 5 aromatic heterocycles. The Balaban J connectivity index is 1.47. The molecule has 0 aliphatic carbocycles. The van der Waals surface area contributed by atoms with Gasteiger partial charge in [-0.1, -0.05) is 19.1 Å². The number of hydrogen-bond donors (Lipinski definition) is 2. The van der Waals surface area contributed by atoms with E-state index in [9.17, 15) is 4.79 Å². The number of rotatable bonds is 5. The van der Waals surface area contributed by atoms with Crippen molar-refractivity contribution in [1.82, 2.24) is 29.9 Å². The molecule has 38 heavy (non-hydrogen) atoms. The molecule has 6 rings (SSSR count). The van der Waals surface area contributed by atoms with Crippen LogP contribution >= 0.6 is 0 Å². The zero-order valence-electron chi connectivity index (χ0n) is 20.7. The number of amides is 1. The molecule has 0 bridgehead atoms. The van der Waals surface area contributed by atoms with Crippen LogP contribution in [0.1, 0.15) is 24.7 Å². The molecular weight excluding hydrogens is 483 g/mol. The molecule has 0 saturated carbocycles. The molecule has 188 valence electrons. The standard InChI is InChI=1S/C28H23FN8O/c1-3-22(38)34-17-12-16(13-30-14-17)19-15-33-28-23(24(19)29)18(8-11-37(28)2)27-35-21-7-10-32-25(26(21)36-27)20-6-4-5-9-31-20/h4-10,12-15H,3,11H2,1-2H3,(H,34,38)(H,35,36). The largest absolute Gasteiger partial charge is 0.355 e. The predicted octanol–water partition coefficient (Wildman–Crippen LogP) is 4.85. The highest BCUT2D eigenvalue weighted by Gasteiger charge is 2.28. The topological polar surface area (TPSA) is 113 Å². The molecule has 0 spiro atoms. The Labute approximate surface area is 217 Å². The van der Waals surface area contributed by atoms with Gasteiger partial charge in [0, 0.05) is 61.5 Å². The number of carbonyl (C=O) groups excluding carboxylic acids is 1. The van der Waals surface area contributed by atoms with E-state index in [0.717, 1.165) is 5.52 Å². The van der Waals surface area contributed by atoms with E-state index in [1.54, 1.807) is 31.6 Å². The van der Waals surface area contributed by atoms with Crippen molar-refractivity contribution in [2.75, 3.05) is 23.8 Å². The average Bonchev–Trinajstić information content (AvgIpc) is 3.38. The lowest BCUT2D eigenvalue weighted by Gasteiger charge is -2.26. The van der Waals surface area contributed by atoms with Gasteiger partial charge in [-0.05, 0) is 24.3 Å². The van der Waals surface area contributed by atoms with Crippen LogP contribution in [0.25, 0.3) is 39.1 Å². The molecule has 0 saturated heterocycles. The molecule has 1 aliphatic heterocycles. The number of imidazole rings is 1. The SMILES string of the molecule is CCC(=O)Nc1cncc(-c2cnc3c(c2F)C(c2nc4c(-c5ccccn5)nccc4[nH]2)=CCN3C)c1. The minimum atomic E-state index is -0.447. The first kappa shape index (κ1) is 23.4. The van der Waals surface area contributed by atoms with Gasteiger partial charge in [-0.15, -0.1) is 0 Å². The molecule has 0 atom stereocenters. The summed E-state index contributed by atoms with van der Waals surface area (Å²) in [6.45, 7) is 2.30. The molecule has 0 fully saturated rings. The number of pyridine rings is 4. The highest BCUT2D eigenvalue weighted by molar-refractivity contribution is 5.94. The fraction of sp³-hybridized carbons (Fsp3) is 0.143. The monoisotopic (exact) mass is 506 g/mol. The first-order chi connectivity index (χ1) is 18.5. The van der Waals surface area contributed by atoms with Crippen molar-refractivity contribution in [2.45, 2.75) is 13.3 Å². The maximum absolute atomic E-state index is 16.3. The van der Waals surface area contributed by atoms with E-state index >= 15 is 4.39 Å². The normalized spacial score (nSPS) is 12.8. The first-order valence-electron chi connectivity index (χ1n) is 12.2. The number of carbonyl (C=O) groups is 1. The van der Waals surface area contributed by atoms with Crippen molar-refractivity contribution in [3.63, 3.8) is 0 Å². The number of aromatic amines is 1. The van der Waals surface area contributed by atoms with Crippen LogP contribution in [0, 0.1) is 5.82 Å². The fourth-order valence-corrected chi connectivity index (χ4v) is 4.50. The van der Waals surface area contributed by atoms with E-state index in [2.05, 4.69) is 30.2 Å². The van der Waals surface area contributed by atoms with E-state index in [4.69, 9.17) is 4.98 Å². The Hall–Kier alpha value is -4.99. The van der Waals surface area contributed by atoms with Gasteiger partial charge in [0.15, 0.2) is 0 Å². The second kappa shape index (κ2) is 9.47. The molecule has 0 aromatic carbocycles. The van der Waals surface area contributed by atoms with Gasteiger partial charge in [0.1, 0.15) is 28.7 Å². The number of likely N-dealkylation sites (N-methyl/N-ethyl adjacent to an activating group) is 1. The van der Waals surface area contributed by atoms with E-state index < -0.39 is 5.82 Å². The molecule has 2 N–H and O–H groups in total. The lowest BCUT2D eigenvalue weighted by atomic mass is 9.97. The van der Waals surface area contributed by atoms with Gasteiger partial charge in [-0.3, -0.25) is 19.7 Å². The van der Waals surface area contributed by atoms with Crippen molar-refractivity contribution in [3.8, 4) is 22.5 Å². The van der Waals surface area contributed by atoms with Crippen LogP contribution in [-0.2, 0) is 4.79 Å². The van der Waals surface area contributed by atoms with Crippen molar-refractivity contribution in [3.05, 3.63) is 84.6 Å². The van der Waals surface area contributed by atoms with Crippen molar-refractivity contribution in [1.29, 1.82) is 0 Å².